The highest BCUT2D eigenvalue weighted by molar-refractivity contribution is 14.1. The van der Waals surface area contributed by atoms with Crippen LogP contribution < -0.4 is 21.3 Å². The van der Waals surface area contributed by atoms with Crippen molar-refractivity contribution in [3.63, 3.8) is 0 Å². The summed E-state index contributed by atoms with van der Waals surface area (Å²) in [5.74, 6) is -2.01. The van der Waals surface area contributed by atoms with E-state index in [0.717, 1.165) is 0 Å². The molecule has 0 aliphatic carbocycles. The van der Waals surface area contributed by atoms with Crippen LogP contribution in [0.2, 0.25) is 0 Å². The second-order valence-electron chi connectivity index (χ2n) is 10.5. The largest absolute Gasteiger partial charge is 0.390 e. The molecule has 15 heteroatoms. The number of aliphatic hydroxyl groups excluding tert-OH is 1. The van der Waals surface area contributed by atoms with Crippen LogP contribution in [0.3, 0.4) is 0 Å². The van der Waals surface area contributed by atoms with Gasteiger partial charge in [0.1, 0.15) is 19.0 Å². The number of hydrogen-bond acceptors (Lipinski definition) is 9. The summed E-state index contributed by atoms with van der Waals surface area (Å²) in [7, 11) is 0. The van der Waals surface area contributed by atoms with Crippen molar-refractivity contribution in [3.05, 3.63) is 21.8 Å². The van der Waals surface area contributed by atoms with Crippen molar-refractivity contribution in [3.8, 4) is 0 Å². The fourth-order valence-corrected chi connectivity index (χ4v) is 9.02. The molecule has 0 saturated carbocycles. The molecule has 0 aromatic heterocycles. The molecule has 0 spiro atoms. The Bertz CT molecular complexity index is 1140. The predicted octanol–water partition coefficient (Wildman–Crippen LogP) is 1.94. The highest BCUT2D eigenvalue weighted by Gasteiger charge is 2.38. The summed E-state index contributed by atoms with van der Waals surface area (Å²) in [5, 5.41) is 16.2. The molecule has 2 aliphatic heterocycles. The fourth-order valence-electron chi connectivity index (χ4n) is 4.29. The van der Waals surface area contributed by atoms with Gasteiger partial charge in [0.15, 0.2) is 5.79 Å². The van der Waals surface area contributed by atoms with Crippen LogP contribution in [0.25, 0.3) is 0 Å². The van der Waals surface area contributed by atoms with Crippen LogP contribution in [0.1, 0.15) is 55.3 Å². The molecular formula is C25H35I3N4O8. The summed E-state index contributed by atoms with van der Waals surface area (Å²) in [4.78, 5) is 41.7. The predicted molar refractivity (Wildman–Crippen MR) is 172 cm³/mol. The zero-order valence-corrected chi connectivity index (χ0v) is 29.4. The van der Waals surface area contributed by atoms with E-state index in [0.29, 0.717) is 29.6 Å². The van der Waals surface area contributed by atoms with Crippen molar-refractivity contribution in [2.24, 2.45) is 5.73 Å². The highest BCUT2D eigenvalue weighted by Crippen LogP contribution is 2.38. The standard InChI is InChI=1S/C25H35I3N4O8/c1-12(33)32(8-13(34)6-29)21-19(27)16(22(35)30-7-14-9-39-25(4,5)40-14)18(26)17(20(21)28)23(36)31-24(2,3)15-10-37-11-38-15/h13-15,34H,6-11,29H2,1-5H3,(H,30,35)(H,31,36). The molecule has 0 radical (unpaired) electrons. The molecule has 0 bridgehead atoms. The van der Waals surface area contributed by atoms with E-state index in [-0.39, 0.29) is 55.7 Å². The molecule has 2 heterocycles. The van der Waals surface area contributed by atoms with Crippen LogP contribution >= 0.6 is 67.8 Å². The maximum atomic E-state index is 13.8. The molecule has 3 amide bonds. The molecular weight excluding hydrogens is 865 g/mol. The van der Waals surface area contributed by atoms with Crippen molar-refractivity contribution >= 4 is 91.2 Å². The molecule has 2 aliphatic rings. The first kappa shape index (κ1) is 34.1. The van der Waals surface area contributed by atoms with Gasteiger partial charge in [0.2, 0.25) is 5.91 Å². The second-order valence-corrected chi connectivity index (χ2v) is 13.8. The van der Waals surface area contributed by atoms with E-state index < -0.39 is 29.2 Å². The normalized spacial score (nSPS) is 21.2. The van der Waals surface area contributed by atoms with Gasteiger partial charge >= 0.3 is 0 Å². The summed E-state index contributed by atoms with van der Waals surface area (Å²) in [6.07, 6.45) is -1.72. The Morgan fingerprint density at radius 2 is 1.75 bits per heavy atom. The molecule has 5 N–H and O–H groups in total. The van der Waals surface area contributed by atoms with Gasteiger partial charge in [-0.3, -0.25) is 14.4 Å². The third-order valence-corrected chi connectivity index (χ3v) is 9.66. The number of rotatable bonds is 10. The summed E-state index contributed by atoms with van der Waals surface area (Å²) < 4.78 is 23.7. The summed E-state index contributed by atoms with van der Waals surface area (Å²) in [5.41, 5.74) is 5.64. The van der Waals surface area contributed by atoms with Crippen LogP contribution in [0.5, 0.6) is 0 Å². The number of nitrogens with two attached hydrogens (primary N) is 1. The van der Waals surface area contributed by atoms with Crippen LogP contribution in [0.4, 0.5) is 5.69 Å². The maximum Gasteiger partial charge on any atom is 0.254 e. The first-order chi connectivity index (χ1) is 18.6. The van der Waals surface area contributed by atoms with E-state index >= 15 is 0 Å². The van der Waals surface area contributed by atoms with Gasteiger partial charge in [0.05, 0.1) is 55.4 Å². The lowest BCUT2D eigenvalue weighted by molar-refractivity contribution is -0.137. The Kier molecular flexibility index (Phi) is 11.9. The fraction of sp³-hybridized carbons (Fsp3) is 0.640. The van der Waals surface area contributed by atoms with Crippen molar-refractivity contribution in [1.82, 2.24) is 10.6 Å². The number of ether oxygens (including phenoxy) is 4. The molecule has 3 unspecified atom stereocenters. The summed E-state index contributed by atoms with van der Waals surface area (Å²) >= 11 is 6.01. The number of halogens is 3. The Balaban J connectivity index is 2.07. The molecule has 3 rings (SSSR count). The average molecular weight is 900 g/mol. The lowest BCUT2D eigenvalue weighted by atomic mass is 9.96. The van der Waals surface area contributed by atoms with Gasteiger partial charge in [-0.2, -0.15) is 0 Å². The van der Waals surface area contributed by atoms with E-state index in [1.807, 2.05) is 81.6 Å². The average Bonchev–Trinajstić information content (AvgIpc) is 3.51. The second kappa shape index (κ2) is 13.9. The van der Waals surface area contributed by atoms with Crippen LogP contribution in [0.15, 0.2) is 0 Å². The van der Waals surface area contributed by atoms with E-state index in [1.165, 1.54) is 11.8 Å². The van der Waals surface area contributed by atoms with Crippen molar-refractivity contribution in [2.75, 3.05) is 44.5 Å². The van der Waals surface area contributed by atoms with Gasteiger partial charge < -0.3 is 45.3 Å². The first-order valence-electron chi connectivity index (χ1n) is 12.6. The van der Waals surface area contributed by atoms with Crippen molar-refractivity contribution in [2.45, 2.75) is 64.3 Å². The van der Waals surface area contributed by atoms with E-state index in [9.17, 15) is 19.5 Å². The van der Waals surface area contributed by atoms with E-state index in [1.54, 1.807) is 13.8 Å². The zero-order valence-electron chi connectivity index (χ0n) is 22.9. The summed E-state index contributed by atoms with van der Waals surface area (Å²) in [6.45, 7) is 9.41. The number of nitrogens with one attached hydrogen (secondary N) is 2. The molecule has 40 heavy (non-hydrogen) atoms. The third kappa shape index (κ3) is 7.94. The third-order valence-electron chi connectivity index (χ3n) is 6.48. The minimum atomic E-state index is -1.01. The lowest BCUT2D eigenvalue weighted by Crippen LogP contribution is -2.53. The number of anilines is 1. The van der Waals surface area contributed by atoms with E-state index in [2.05, 4.69) is 10.6 Å². The van der Waals surface area contributed by atoms with Gasteiger partial charge in [-0.15, -0.1) is 0 Å². The maximum absolute atomic E-state index is 13.8. The first-order valence-corrected chi connectivity index (χ1v) is 15.8. The van der Waals surface area contributed by atoms with Crippen molar-refractivity contribution < 1.29 is 38.4 Å². The summed E-state index contributed by atoms with van der Waals surface area (Å²) in [6, 6.07) is 0. The Hall–Kier alpha value is -0.420. The number of benzene rings is 1. The van der Waals surface area contributed by atoms with Gasteiger partial charge in [0.25, 0.3) is 11.8 Å². The molecule has 2 fully saturated rings. The minimum Gasteiger partial charge on any atom is -0.390 e. The number of nitrogens with zero attached hydrogens (tertiary/aromatic N) is 1. The number of hydrogen-bond donors (Lipinski definition) is 4. The molecule has 1 aromatic carbocycles. The number of carbonyl (C=O) groups excluding carboxylic acids is 3. The minimum absolute atomic E-state index is 0.0700. The zero-order chi connectivity index (χ0) is 30.0. The quantitative estimate of drug-likeness (QED) is 0.258. The van der Waals surface area contributed by atoms with E-state index in [4.69, 9.17) is 24.7 Å². The van der Waals surface area contributed by atoms with Gasteiger partial charge in [-0.1, -0.05) is 0 Å². The Labute approximate surface area is 274 Å². The lowest BCUT2D eigenvalue weighted by Gasteiger charge is -2.32. The number of carbonyl (C=O) groups is 3. The van der Waals surface area contributed by atoms with Crippen LogP contribution in [0, 0.1) is 10.7 Å². The van der Waals surface area contributed by atoms with Crippen LogP contribution in [-0.2, 0) is 23.7 Å². The van der Waals surface area contributed by atoms with Gasteiger partial charge in [-0.25, -0.2) is 0 Å². The molecule has 12 nitrogen and oxygen atoms in total. The molecule has 2 saturated heterocycles. The Morgan fingerprint density at radius 3 is 2.25 bits per heavy atom. The van der Waals surface area contributed by atoms with Crippen molar-refractivity contribution in [1.29, 1.82) is 0 Å². The monoisotopic (exact) mass is 900 g/mol. The highest BCUT2D eigenvalue weighted by atomic mass is 127. The molecule has 3 atom stereocenters. The smallest absolute Gasteiger partial charge is 0.254 e. The van der Waals surface area contributed by atoms with Crippen LogP contribution in [-0.4, -0.2) is 92.1 Å². The number of aliphatic hydroxyl groups is 1. The number of amides is 3. The topological polar surface area (TPSA) is 162 Å². The van der Waals surface area contributed by atoms with Gasteiger partial charge in [0, 0.05) is 23.6 Å². The molecule has 224 valence electrons. The molecule has 1 aromatic rings. The SMILES string of the molecule is CC(=O)N(CC(O)CN)c1c(I)c(C(=O)NCC2COC(C)(C)O2)c(I)c(C(=O)NC(C)(C)C2COCO2)c1I. The Morgan fingerprint density at radius 1 is 1.12 bits per heavy atom. The van der Waals surface area contributed by atoms with Gasteiger partial charge in [-0.05, 0) is 95.5 Å².